The summed E-state index contributed by atoms with van der Waals surface area (Å²) in [4.78, 5) is 11.2. The molecule has 0 radical (unpaired) electrons. The standard InChI is InChI=1S/C30H50O.C10H12ClNO2/c1-20(2)10-9-11-21(3)22-14-18-30(8)24-12-13-25-27(4,5)26(31)16-17-28(25,6)23(24)15-19-29(22,30)7;1-7(2)14-10(13)12-9-5-3-4-8(11)6-9/h10,21-22,25-26,31H,9,11-19H2,1-8H3;3-7H,1-2H3,(H,12,13). The van der Waals surface area contributed by atoms with E-state index in [1.54, 1.807) is 38.1 Å². The molecule has 4 nitrogen and oxygen atoms in total. The summed E-state index contributed by atoms with van der Waals surface area (Å²) in [5, 5.41) is 14.0. The number of amides is 1. The first-order chi connectivity index (χ1) is 21.0. The molecule has 5 rings (SSSR count). The van der Waals surface area contributed by atoms with Crippen LogP contribution in [0.1, 0.15) is 133 Å². The lowest BCUT2D eigenvalue weighted by atomic mass is 9.43. The van der Waals surface area contributed by atoms with Crippen LogP contribution in [-0.2, 0) is 4.74 Å². The highest BCUT2D eigenvalue weighted by molar-refractivity contribution is 6.30. The van der Waals surface area contributed by atoms with Crippen LogP contribution in [-0.4, -0.2) is 23.4 Å². The fraction of sp³-hybridized carbons (Fsp3) is 0.725. The summed E-state index contributed by atoms with van der Waals surface area (Å²) >= 11 is 5.74. The largest absolute Gasteiger partial charge is 0.447 e. The van der Waals surface area contributed by atoms with Crippen molar-refractivity contribution >= 4 is 23.4 Å². The zero-order chi connectivity index (χ0) is 33.4. The third-order valence-electron chi connectivity index (χ3n) is 13.1. The van der Waals surface area contributed by atoms with Crippen LogP contribution >= 0.6 is 11.6 Å². The van der Waals surface area contributed by atoms with Crippen molar-refractivity contribution in [3.63, 3.8) is 0 Å². The van der Waals surface area contributed by atoms with Crippen molar-refractivity contribution < 1.29 is 14.6 Å². The van der Waals surface area contributed by atoms with E-state index in [-0.39, 0.29) is 17.6 Å². The van der Waals surface area contributed by atoms with Gasteiger partial charge in [0.2, 0.25) is 0 Å². The Bertz CT molecular complexity index is 1280. The topological polar surface area (TPSA) is 58.6 Å². The Hall–Kier alpha value is -1.78. The maximum absolute atomic E-state index is 11.2. The second kappa shape index (κ2) is 13.8. The van der Waals surface area contributed by atoms with Gasteiger partial charge in [0.05, 0.1) is 12.2 Å². The number of anilines is 1. The number of aliphatic hydroxyl groups is 1. The molecule has 1 amide bonds. The highest BCUT2D eigenvalue weighted by Gasteiger charge is 2.63. The minimum atomic E-state index is -0.470. The van der Waals surface area contributed by atoms with Gasteiger partial charge < -0.3 is 9.84 Å². The Morgan fingerprint density at radius 3 is 2.38 bits per heavy atom. The second-order valence-corrected chi connectivity index (χ2v) is 17.1. The van der Waals surface area contributed by atoms with E-state index in [0.717, 1.165) is 18.3 Å². The summed E-state index contributed by atoms with van der Waals surface area (Å²) in [6, 6.07) is 6.89. The monoisotopic (exact) mass is 639 g/mol. The van der Waals surface area contributed by atoms with E-state index in [2.05, 4.69) is 66.8 Å². The van der Waals surface area contributed by atoms with E-state index in [4.69, 9.17) is 16.3 Å². The zero-order valence-corrected chi connectivity index (χ0v) is 30.7. The molecule has 2 fully saturated rings. The predicted octanol–water partition coefficient (Wildman–Crippen LogP) is 11.8. The van der Waals surface area contributed by atoms with E-state index in [1.165, 1.54) is 63.4 Å². The van der Waals surface area contributed by atoms with Gasteiger partial charge in [0.15, 0.2) is 0 Å². The normalized spacial score (nSPS) is 34.0. The Morgan fingerprint density at radius 1 is 1.02 bits per heavy atom. The summed E-state index contributed by atoms with van der Waals surface area (Å²) < 4.78 is 4.90. The van der Waals surface area contributed by atoms with Gasteiger partial charge in [0.1, 0.15) is 0 Å². The van der Waals surface area contributed by atoms with Crippen LogP contribution in [0.5, 0.6) is 0 Å². The molecular formula is C40H62ClNO3. The van der Waals surface area contributed by atoms with Crippen LogP contribution in [0, 0.1) is 39.4 Å². The molecule has 0 heterocycles. The average molecular weight is 640 g/mol. The number of hydrogen-bond donors (Lipinski definition) is 2. The van der Waals surface area contributed by atoms with Crippen molar-refractivity contribution in [2.24, 2.45) is 39.4 Å². The number of halogens is 1. The number of rotatable bonds is 6. The molecule has 0 aromatic heterocycles. The third-order valence-corrected chi connectivity index (χ3v) is 13.3. The number of aliphatic hydroxyl groups excluding tert-OH is 1. The van der Waals surface area contributed by atoms with Crippen molar-refractivity contribution in [3.8, 4) is 0 Å². The van der Waals surface area contributed by atoms with Crippen molar-refractivity contribution in [1.82, 2.24) is 0 Å². The fourth-order valence-corrected chi connectivity index (χ4v) is 10.6. The van der Waals surface area contributed by atoms with Gasteiger partial charge >= 0.3 is 6.09 Å². The Morgan fingerprint density at radius 2 is 1.73 bits per heavy atom. The van der Waals surface area contributed by atoms with Crippen molar-refractivity contribution in [1.29, 1.82) is 0 Å². The molecule has 0 aliphatic heterocycles. The number of fused-ring (bicyclic) bond motifs is 4. The molecule has 2 saturated carbocycles. The summed E-state index contributed by atoms with van der Waals surface area (Å²) in [7, 11) is 0. The molecule has 0 bridgehead atoms. The maximum atomic E-state index is 11.2. The molecule has 7 atom stereocenters. The molecule has 0 spiro atoms. The highest BCUT2D eigenvalue weighted by Crippen LogP contribution is 2.72. The lowest BCUT2D eigenvalue weighted by Crippen LogP contribution is -2.55. The van der Waals surface area contributed by atoms with Gasteiger partial charge in [-0.05, 0) is 150 Å². The van der Waals surface area contributed by atoms with Crippen LogP contribution in [0.4, 0.5) is 10.5 Å². The van der Waals surface area contributed by atoms with Crippen molar-refractivity contribution in [2.45, 2.75) is 146 Å². The summed E-state index contributed by atoms with van der Waals surface area (Å²) in [6.07, 6.45) is 14.6. The minimum Gasteiger partial charge on any atom is -0.447 e. The highest BCUT2D eigenvalue weighted by atomic mass is 35.5. The molecule has 1 aromatic rings. The Kier molecular flexibility index (Phi) is 11.0. The van der Waals surface area contributed by atoms with Crippen LogP contribution < -0.4 is 5.32 Å². The van der Waals surface area contributed by atoms with Gasteiger partial charge in [-0.2, -0.15) is 0 Å². The average Bonchev–Trinajstić information content (AvgIpc) is 3.22. The van der Waals surface area contributed by atoms with Crippen LogP contribution in [0.25, 0.3) is 0 Å². The minimum absolute atomic E-state index is 0.0465. The quantitative estimate of drug-likeness (QED) is 0.304. The number of allylic oxidation sites excluding steroid dienone is 4. The lowest BCUT2D eigenvalue weighted by molar-refractivity contribution is -0.0962. The second-order valence-electron chi connectivity index (χ2n) is 16.7. The third kappa shape index (κ3) is 7.08. The molecule has 4 aliphatic rings. The Balaban J connectivity index is 0.000000276. The van der Waals surface area contributed by atoms with Gasteiger partial charge in [-0.15, -0.1) is 0 Å². The Labute approximate surface area is 279 Å². The van der Waals surface area contributed by atoms with E-state index in [9.17, 15) is 9.90 Å². The number of carbonyl (C=O) groups is 1. The molecule has 4 aliphatic carbocycles. The molecule has 7 unspecified atom stereocenters. The molecule has 0 saturated heterocycles. The predicted molar refractivity (Wildman–Crippen MR) is 190 cm³/mol. The number of hydrogen-bond acceptors (Lipinski definition) is 3. The van der Waals surface area contributed by atoms with Gasteiger partial charge in [-0.25, -0.2) is 4.79 Å². The molecular weight excluding hydrogens is 578 g/mol. The smallest absolute Gasteiger partial charge is 0.411 e. The fourth-order valence-electron chi connectivity index (χ4n) is 10.4. The summed E-state index contributed by atoms with van der Waals surface area (Å²) in [5.41, 5.74) is 7.04. The van der Waals surface area contributed by atoms with E-state index in [1.807, 2.05) is 11.1 Å². The number of benzene rings is 1. The summed E-state index contributed by atoms with van der Waals surface area (Å²) in [6.45, 7) is 23.2. The number of nitrogens with one attached hydrogen (secondary N) is 1. The molecule has 252 valence electrons. The van der Waals surface area contributed by atoms with E-state index >= 15 is 0 Å². The van der Waals surface area contributed by atoms with Crippen molar-refractivity contribution in [3.05, 3.63) is 52.1 Å². The SMILES string of the molecule is CC(C)=CCCC(C)C1CCC2(C)C3=C(CCC12C)C1(C)CCC(O)C(C)(C)C1CC3.CC(C)OC(=O)Nc1cccc(Cl)c1. The molecule has 2 N–H and O–H groups in total. The van der Waals surface area contributed by atoms with Gasteiger partial charge in [-0.3, -0.25) is 5.32 Å². The van der Waals surface area contributed by atoms with E-state index in [0.29, 0.717) is 32.9 Å². The van der Waals surface area contributed by atoms with Gasteiger partial charge in [-0.1, -0.05) is 82.0 Å². The lowest BCUT2D eigenvalue weighted by Gasteiger charge is -2.62. The first-order valence-corrected chi connectivity index (χ1v) is 18.1. The number of carbonyl (C=O) groups excluding carboxylic acids is 1. The molecule has 5 heteroatoms. The molecule has 1 aromatic carbocycles. The number of ether oxygens (including phenoxy) is 1. The van der Waals surface area contributed by atoms with Crippen LogP contribution in [0.2, 0.25) is 5.02 Å². The first kappa shape index (κ1) is 36.1. The van der Waals surface area contributed by atoms with Crippen LogP contribution in [0.3, 0.4) is 0 Å². The van der Waals surface area contributed by atoms with Crippen LogP contribution in [0.15, 0.2) is 47.1 Å². The van der Waals surface area contributed by atoms with Crippen molar-refractivity contribution in [2.75, 3.05) is 5.32 Å². The van der Waals surface area contributed by atoms with Gasteiger partial charge in [0, 0.05) is 10.7 Å². The first-order valence-electron chi connectivity index (χ1n) is 17.7. The van der Waals surface area contributed by atoms with Gasteiger partial charge in [0.25, 0.3) is 0 Å². The summed E-state index contributed by atoms with van der Waals surface area (Å²) in [5.74, 6) is 2.32. The zero-order valence-electron chi connectivity index (χ0n) is 30.0. The maximum Gasteiger partial charge on any atom is 0.411 e. The van der Waals surface area contributed by atoms with E-state index < -0.39 is 6.09 Å². The molecule has 45 heavy (non-hydrogen) atoms.